The minimum atomic E-state index is -0.220. The van der Waals surface area contributed by atoms with Gasteiger partial charge in [-0.2, -0.15) is 0 Å². The number of methoxy groups -OCH3 is 2. The van der Waals surface area contributed by atoms with Crippen molar-refractivity contribution in [1.82, 2.24) is 14.9 Å². The Balaban J connectivity index is 1.28. The van der Waals surface area contributed by atoms with Gasteiger partial charge in [0.2, 0.25) is 0 Å². The summed E-state index contributed by atoms with van der Waals surface area (Å²) < 4.78 is 16.5. The van der Waals surface area contributed by atoms with Crippen LogP contribution in [-0.4, -0.2) is 80.0 Å². The maximum atomic E-state index is 13.1. The van der Waals surface area contributed by atoms with Crippen molar-refractivity contribution >= 4 is 56.8 Å². The monoisotopic (exact) mass is 639 g/mol. The van der Waals surface area contributed by atoms with Crippen LogP contribution in [0.15, 0.2) is 79.2 Å². The highest BCUT2D eigenvalue weighted by Crippen LogP contribution is 2.37. The van der Waals surface area contributed by atoms with Crippen LogP contribution in [-0.2, 0) is 20.9 Å². The molecule has 6 rings (SSSR count). The van der Waals surface area contributed by atoms with Crippen LogP contribution in [0.5, 0.6) is 11.5 Å². The molecule has 236 valence electrons. The number of benzene rings is 3. The molecule has 11 heteroatoms. The van der Waals surface area contributed by atoms with Crippen molar-refractivity contribution in [3.63, 3.8) is 0 Å². The molecule has 4 aromatic rings. The number of nitrogens with one attached hydrogen (secondary N) is 1. The van der Waals surface area contributed by atoms with Crippen LogP contribution in [0.1, 0.15) is 11.1 Å². The first-order valence-corrected chi connectivity index (χ1v) is 15.4. The third-order valence-corrected chi connectivity index (χ3v) is 8.21. The van der Waals surface area contributed by atoms with E-state index >= 15 is 0 Å². The molecular weight excluding hydrogens is 606 g/mol. The van der Waals surface area contributed by atoms with Crippen LogP contribution in [0.3, 0.4) is 0 Å². The maximum absolute atomic E-state index is 13.1. The first-order chi connectivity index (χ1) is 22.4. The van der Waals surface area contributed by atoms with Crippen molar-refractivity contribution in [3.8, 4) is 11.5 Å². The molecule has 1 N–H and O–H groups in total. The zero-order valence-electron chi connectivity index (χ0n) is 25.7. The van der Waals surface area contributed by atoms with E-state index in [2.05, 4.69) is 31.2 Å². The van der Waals surface area contributed by atoms with Gasteiger partial charge in [-0.25, -0.2) is 9.97 Å². The van der Waals surface area contributed by atoms with Crippen LogP contribution in [0.4, 0.5) is 17.2 Å². The molecule has 1 aliphatic heterocycles. The molecule has 0 radical (unpaired) electrons. The second-order valence-electron chi connectivity index (χ2n) is 11.0. The topological polar surface area (TPSA) is 106 Å². The zero-order valence-corrected chi connectivity index (χ0v) is 26.4. The molecule has 10 nitrogen and oxygen atoms in total. The van der Waals surface area contributed by atoms with Gasteiger partial charge in [0.25, 0.3) is 0 Å². The number of carbonyl (C=O) groups excluding carboxylic acids is 2. The van der Waals surface area contributed by atoms with Crippen molar-refractivity contribution in [2.75, 3.05) is 63.8 Å². The van der Waals surface area contributed by atoms with Crippen LogP contribution < -0.4 is 19.7 Å². The lowest BCUT2D eigenvalue weighted by Crippen LogP contribution is -2.46. The van der Waals surface area contributed by atoms with Crippen LogP contribution in [0.25, 0.3) is 16.5 Å². The van der Waals surface area contributed by atoms with Crippen LogP contribution in [0, 0.1) is 0 Å². The summed E-state index contributed by atoms with van der Waals surface area (Å²) in [6, 6.07) is 17.4. The summed E-state index contributed by atoms with van der Waals surface area (Å²) in [5.74, 6) is 1.21. The lowest BCUT2D eigenvalue weighted by Gasteiger charge is -2.37. The van der Waals surface area contributed by atoms with Crippen LogP contribution in [0.2, 0.25) is 5.02 Å². The number of nitrogens with zero attached hydrogens (tertiary/aromatic N) is 4. The molecule has 0 amide bonds. The molecule has 2 heterocycles. The Bertz CT molecular complexity index is 1830. The number of aromatic nitrogens is 2. The Morgan fingerprint density at radius 2 is 1.76 bits per heavy atom. The standard InChI is InChI=1S/C35H34ClN5O5/c1-44-14-15-46-34-20-30-29(19-33(34)45-2)35(38-22-37-30)39-25-6-8-31(27(17-25)28-18-26(42)7-9-32(28)43)41-12-10-40(11-13-41)21-23-4-3-5-24(36)16-23/h3-9,16-20,22H,10-15,21H2,1-2H3,(H,37,38,39). The van der Waals surface area contributed by atoms with Crippen molar-refractivity contribution < 1.29 is 23.8 Å². The SMILES string of the molecule is COCCOc1cc2ncnc(Nc3ccc(N4CCN(Cc5cccc(Cl)c5)CC4)c(C4=CC(=O)C=CC4=O)c3)c2cc1OC. The van der Waals surface area contributed by atoms with E-state index in [-0.39, 0.29) is 11.6 Å². The maximum Gasteiger partial charge on any atom is 0.186 e. The predicted molar refractivity (Wildman–Crippen MR) is 179 cm³/mol. The fourth-order valence-corrected chi connectivity index (χ4v) is 5.89. The Morgan fingerprint density at radius 3 is 2.54 bits per heavy atom. The van der Waals surface area contributed by atoms with Gasteiger partial charge in [-0.1, -0.05) is 23.7 Å². The minimum absolute atomic E-state index is 0.212. The summed E-state index contributed by atoms with van der Waals surface area (Å²) in [7, 11) is 3.19. The largest absolute Gasteiger partial charge is 0.493 e. The number of allylic oxidation sites excluding steroid dienone is 4. The molecule has 0 atom stereocenters. The van der Waals surface area contributed by atoms with E-state index in [0.717, 1.165) is 48.8 Å². The van der Waals surface area contributed by atoms with Gasteiger partial charge in [0.15, 0.2) is 23.1 Å². The number of rotatable bonds is 11. The van der Waals surface area contributed by atoms with E-state index in [0.29, 0.717) is 52.9 Å². The number of ketones is 2. The van der Waals surface area contributed by atoms with E-state index < -0.39 is 0 Å². The molecule has 0 bridgehead atoms. The first-order valence-electron chi connectivity index (χ1n) is 15.0. The molecule has 1 aromatic heterocycles. The number of ether oxygens (including phenoxy) is 3. The highest BCUT2D eigenvalue weighted by molar-refractivity contribution is 6.34. The Hall–Kier alpha value is -4.77. The average molecular weight is 640 g/mol. The summed E-state index contributed by atoms with van der Waals surface area (Å²) >= 11 is 6.20. The number of hydrogen-bond acceptors (Lipinski definition) is 10. The summed E-state index contributed by atoms with van der Waals surface area (Å²) in [5.41, 5.74) is 4.47. The number of hydrogen-bond donors (Lipinski definition) is 1. The van der Waals surface area contributed by atoms with Gasteiger partial charge in [-0.15, -0.1) is 0 Å². The summed E-state index contributed by atoms with van der Waals surface area (Å²) in [6.45, 7) is 4.81. The number of carbonyl (C=O) groups is 2. The molecule has 46 heavy (non-hydrogen) atoms. The number of fused-ring (bicyclic) bond motifs is 1. The first kappa shape index (κ1) is 31.2. The lowest BCUT2D eigenvalue weighted by molar-refractivity contribution is -0.113. The molecule has 1 aliphatic carbocycles. The number of piperazine rings is 1. The second kappa shape index (κ2) is 14.1. The molecule has 1 saturated heterocycles. The molecule has 0 spiro atoms. The minimum Gasteiger partial charge on any atom is -0.493 e. The van der Waals surface area contributed by atoms with E-state index in [9.17, 15) is 9.59 Å². The van der Waals surface area contributed by atoms with E-state index in [1.54, 1.807) is 20.3 Å². The Labute approximate surface area is 272 Å². The molecule has 0 unspecified atom stereocenters. The summed E-state index contributed by atoms with van der Waals surface area (Å²) in [5, 5.41) is 4.86. The van der Waals surface area contributed by atoms with Gasteiger partial charge >= 0.3 is 0 Å². The lowest BCUT2D eigenvalue weighted by atomic mass is 9.93. The predicted octanol–water partition coefficient (Wildman–Crippen LogP) is 5.47. The van der Waals surface area contributed by atoms with Gasteiger partial charge < -0.3 is 24.4 Å². The normalized spacial score (nSPS) is 15.3. The molecule has 2 aliphatic rings. The van der Waals surface area contributed by atoms with Gasteiger partial charge in [-0.3, -0.25) is 14.5 Å². The Morgan fingerprint density at radius 1 is 0.913 bits per heavy atom. The zero-order chi connectivity index (χ0) is 32.0. The molecular formula is C35H34ClN5O5. The summed E-state index contributed by atoms with van der Waals surface area (Å²) in [4.78, 5) is 39.1. The fraction of sp³-hybridized carbons (Fsp3) is 0.257. The fourth-order valence-electron chi connectivity index (χ4n) is 5.67. The number of halogens is 1. The second-order valence-corrected chi connectivity index (χ2v) is 11.4. The van der Waals surface area contributed by atoms with Crippen LogP contribution >= 0.6 is 11.6 Å². The van der Waals surface area contributed by atoms with Gasteiger partial charge in [0.05, 0.1) is 19.2 Å². The molecule has 0 saturated carbocycles. The smallest absolute Gasteiger partial charge is 0.186 e. The van der Waals surface area contributed by atoms with E-state index in [1.807, 2.05) is 42.5 Å². The van der Waals surface area contributed by atoms with E-state index in [1.165, 1.54) is 30.1 Å². The van der Waals surface area contributed by atoms with Gasteiger partial charge in [0, 0.05) is 78.8 Å². The third kappa shape index (κ3) is 7.04. The van der Waals surface area contributed by atoms with Crippen molar-refractivity contribution in [3.05, 3.63) is 95.3 Å². The van der Waals surface area contributed by atoms with Crippen molar-refractivity contribution in [2.24, 2.45) is 0 Å². The molecule has 1 fully saturated rings. The Kier molecular flexibility index (Phi) is 9.58. The van der Waals surface area contributed by atoms with Crippen molar-refractivity contribution in [1.29, 1.82) is 0 Å². The number of anilines is 3. The third-order valence-electron chi connectivity index (χ3n) is 7.97. The van der Waals surface area contributed by atoms with E-state index in [4.69, 9.17) is 25.8 Å². The highest BCUT2D eigenvalue weighted by Gasteiger charge is 2.25. The quantitative estimate of drug-likeness (QED) is 0.168. The van der Waals surface area contributed by atoms with Gasteiger partial charge in [-0.05, 0) is 60.2 Å². The highest BCUT2D eigenvalue weighted by atomic mass is 35.5. The van der Waals surface area contributed by atoms with Gasteiger partial charge in [0.1, 0.15) is 18.8 Å². The van der Waals surface area contributed by atoms with Crippen molar-refractivity contribution in [2.45, 2.75) is 6.54 Å². The molecule has 3 aromatic carbocycles. The summed E-state index contributed by atoms with van der Waals surface area (Å²) in [6.07, 6.45) is 5.53. The average Bonchev–Trinajstić information content (AvgIpc) is 3.06.